The SMILES string of the molecule is CCCCNC(=O)[C@H](CC)N(CCc1ccccc1)C(=O)CSCc1cc(C)cc(C)c1. The van der Waals surface area contributed by atoms with Crippen LogP contribution in [-0.2, 0) is 21.8 Å². The van der Waals surface area contributed by atoms with Crippen LogP contribution in [0.4, 0.5) is 0 Å². The summed E-state index contributed by atoms with van der Waals surface area (Å²) in [6, 6.07) is 16.2. The Balaban J connectivity index is 2.04. The number of amides is 2. The van der Waals surface area contributed by atoms with Gasteiger partial charge in [0, 0.05) is 18.8 Å². The topological polar surface area (TPSA) is 49.4 Å². The molecule has 32 heavy (non-hydrogen) atoms. The molecular weight excluding hydrogens is 416 g/mol. The van der Waals surface area contributed by atoms with Gasteiger partial charge in [-0.15, -0.1) is 11.8 Å². The molecule has 0 aromatic heterocycles. The Morgan fingerprint density at radius 3 is 2.31 bits per heavy atom. The molecule has 1 atom stereocenters. The average molecular weight is 455 g/mol. The lowest BCUT2D eigenvalue weighted by Gasteiger charge is -2.30. The van der Waals surface area contributed by atoms with E-state index in [1.54, 1.807) is 16.7 Å². The van der Waals surface area contributed by atoms with Gasteiger partial charge >= 0.3 is 0 Å². The van der Waals surface area contributed by atoms with E-state index in [4.69, 9.17) is 0 Å². The van der Waals surface area contributed by atoms with E-state index >= 15 is 0 Å². The van der Waals surface area contributed by atoms with Crippen molar-refractivity contribution in [3.63, 3.8) is 0 Å². The Bertz CT molecular complexity index is 834. The first-order valence-corrected chi connectivity index (χ1v) is 12.9. The van der Waals surface area contributed by atoms with Crippen LogP contribution in [0.5, 0.6) is 0 Å². The largest absolute Gasteiger partial charge is 0.354 e. The molecule has 2 rings (SSSR count). The molecule has 0 fully saturated rings. The molecule has 4 nitrogen and oxygen atoms in total. The maximum absolute atomic E-state index is 13.2. The van der Waals surface area contributed by atoms with Gasteiger partial charge in [-0.05, 0) is 44.2 Å². The first-order valence-electron chi connectivity index (χ1n) is 11.7. The smallest absolute Gasteiger partial charge is 0.242 e. The normalized spacial score (nSPS) is 11.8. The lowest BCUT2D eigenvalue weighted by molar-refractivity contribution is -0.138. The van der Waals surface area contributed by atoms with Crippen LogP contribution >= 0.6 is 11.8 Å². The van der Waals surface area contributed by atoms with E-state index in [1.165, 1.54) is 22.3 Å². The molecule has 0 radical (unpaired) electrons. The molecule has 0 heterocycles. The summed E-state index contributed by atoms with van der Waals surface area (Å²) in [7, 11) is 0. The van der Waals surface area contributed by atoms with Gasteiger partial charge in [0.25, 0.3) is 0 Å². The second-order valence-corrected chi connectivity index (χ2v) is 9.37. The number of carbonyl (C=O) groups excluding carboxylic acids is 2. The van der Waals surface area contributed by atoms with E-state index in [9.17, 15) is 9.59 Å². The van der Waals surface area contributed by atoms with Gasteiger partial charge in [-0.1, -0.05) is 79.9 Å². The lowest BCUT2D eigenvalue weighted by Crippen LogP contribution is -2.50. The quantitative estimate of drug-likeness (QED) is 0.418. The van der Waals surface area contributed by atoms with E-state index in [-0.39, 0.29) is 11.8 Å². The van der Waals surface area contributed by atoms with Gasteiger partial charge in [0.15, 0.2) is 0 Å². The molecule has 0 bridgehead atoms. The van der Waals surface area contributed by atoms with Crippen molar-refractivity contribution in [1.29, 1.82) is 0 Å². The monoisotopic (exact) mass is 454 g/mol. The predicted molar refractivity (Wildman–Crippen MR) is 136 cm³/mol. The average Bonchev–Trinajstić information content (AvgIpc) is 2.76. The number of thioether (sulfide) groups is 1. The molecule has 0 saturated carbocycles. The molecule has 0 unspecified atom stereocenters. The summed E-state index contributed by atoms with van der Waals surface area (Å²) >= 11 is 1.62. The Kier molecular flexibility index (Phi) is 11.4. The third kappa shape index (κ3) is 8.70. The van der Waals surface area contributed by atoms with Gasteiger partial charge in [0.1, 0.15) is 6.04 Å². The predicted octanol–water partition coefficient (Wildman–Crippen LogP) is 5.30. The van der Waals surface area contributed by atoms with Crippen molar-refractivity contribution in [1.82, 2.24) is 10.2 Å². The van der Waals surface area contributed by atoms with Crippen LogP contribution in [0.1, 0.15) is 55.4 Å². The van der Waals surface area contributed by atoms with E-state index in [0.717, 1.165) is 25.0 Å². The third-order valence-corrected chi connectivity index (χ3v) is 6.46. The molecule has 0 saturated heterocycles. The summed E-state index contributed by atoms with van der Waals surface area (Å²) in [5, 5.41) is 3.02. The van der Waals surface area contributed by atoms with Crippen LogP contribution in [0.2, 0.25) is 0 Å². The van der Waals surface area contributed by atoms with E-state index < -0.39 is 6.04 Å². The molecule has 0 spiro atoms. The van der Waals surface area contributed by atoms with E-state index in [2.05, 4.69) is 56.4 Å². The molecule has 174 valence electrons. The standard InChI is InChI=1S/C27H38N2O2S/c1-5-7-14-28-27(31)25(6-2)29(15-13-23-11-9-8-10-12-23)26(30)20-32-19-24-17-21(3)16-22(4)18-24/h8-12,16-18,25H,5-7,13-15,19-20H2,1-4H3,(H,28,31)/t25-/m0/s1. The summed E-state index contributed by atoms with van der Waals surface area (Å²) < 4.78 is 0. The summed E-state index contributed by atoms with van der Waals surface area (Å²) in [6.45, 7) is 9.49. The number of unbranched alkanes of at least 4 members (excludes halogenated alkanes) is 1. The van der Waals surface area contributed by atoms with Crippen molar-refractivity contribution in [2.45, 2.75) is 65.2 Å². The van der Waals surface area contributed by atoms with Crippen molar-refractivity contribution in [3.8, 4) is 0 Å². The van der Waals surface area contributed by atoms with Crippen LogP contribution in [-0.4, -0.2) is 41.6 Å². The molecule has 0 aliphatic heterocycles. The van der Waals surface area contributed by atoms with Crippen LogP contribution < -0.4 is 5.32 Å². The first kappa shape index (κ1) is 26.0. The zero-order valence-electron chi connectivity index (χ0n) is 20.0. The summed E-state index contributed by atoms with van der Waals surface area (Å²) in [5.41, 5.74) is 4.90. The highest BCUT2D eigenvalue weighted by Gasteiger charge is 2.27. The van der Waals surface area contributed by atoms with Crippen LogP contribution in [0, 0.1) is 13.8 Å². The van der Waals surface area contributed by atoms with Gasteiger partial charge in [-0.3, -0.25) is 9.59 Å². The minimum absolute atomic E-state index is 0.0350. The van der Waals surface area contributed by atoms with Gasteiger partial charge in [-0.2, -0.15) is 0 Å². The molecule has 1 N–H and O–H groups in total. The highest BCUT2D eigenvalue weighted by Crippen LogP contribution is 2.18. The third-order valence-electron chi connectivity index (χ3n) is 5.48. The van der Waals surface area contributed by atoms with Crippen LogP contribution in [0.25, 0.3) is 0 Å². The lowest BCUT2D eigenvalue weighted by atomic mass is 10.1. The summed E-state index contributed by atoms with van der Waals surface area (Å²) in [4.78, 5) is 27.9. The molecule has 2 aromatic rings. The fourth-order valence-corrected chi connectivity index (χ4v) is 4.74. The number of nitrogens with zero attached hydrogens (tertiary/aromatic N) is 1. The molecule has 5 heteroatoms. The molecule has 0 aliphatic carbocycles. The van der Waals surface area contributed by atoms with Crippen molar-refractivity contribution >= 4 is 23.6 Å². The Morgan fingerprint density at radius 2 is 1.69 bits per heavy atom. The number of carbonyl (C=O) groups is 2. The number of nitrogens with one attached hydrogen (secondary N) is 1. The van der Waals surface area contributed by atoms with Gasteiger partial charge in [0.2, 0.25) is 11.8 Å². The second-order valence-electron chi connectivity index (χ2n) is 8.38. The molecule has 2 amide bonds. The van der Waals surface area contributed by atoms with Crippen LogP contribution in [0.15, 0.2) is 48.5 Å². The zero-order valence-corrected chi connectivity index (χ0v) is 20.8. The first-order chi connectivity index (χ1) is 15.4. The van der Waals surface area contributed by atoms with Crippen LogP contribution in [0.3, 0.4) is 0 Å². The summed E-state index contributed by atoms with van der Waals surface area (Å²) in [5.74, 6) is 1.16. The van der Waals surface area contributed by atoms with Gasteiger partial charge in [0.05, 0.1) is 5.75 Å². The Morgan fingerprint density at radius 1 is 1.00 bits per heavy atom. The number of hydrogen-bond acceptors (Lipinski definition) is 3. The highest BCUT2D eigenvalue weighted by molar-refractivity contribution is 7.99. The summed E-state index contributed by atoms with van der Waals surface area (Å²) in [6.07, 6.45) is 3.34. The van der Waals surface area contributed by atoms with Crippen molar-refractivity contribution in [2.75, 3.05) is 18.8 Å². The second kappa shape index (κ2) is 14.0. The van der Waals surface area contributed by atoms with Gasteiger partial charge < -0.3 is 10.2 Å². The number of rotatable bonds is 13. The van der Waals surface area contributed by atoms with Crippen molar-refractivity contribution in [3.05, 3.63) is 70.8 Å². The maximum atomic E-state index is 13.2. The number of benzene rings is 2. The van der Waals surface area contributed by atoms with Gasteiger partial charge in [-0.25, -0.2) is 0 Å². The minimum Gasteiger partial charge on any atom is -0.354 e. The number of aryl methyl sites for hydroxylation is 2. The molecular formula is C27H38N2O2S. The molecule has 0 aliphatic rings. The Labute approximate surface area is 198 Å². The minimum atomic E-state index is -0.426. The van der Waals surface area contributed by atoms with Crippen molar-refractivity contribution < 1.29 is 9.59 Å². The van der Waals surface area contributed by atoms with E-state index in [1.807, 2.05) is 25.1 Å². The maximum Gasteiger partial charge on any atom is 0.242 e. The fraction of sp³-hybridized carbons (Fsp3) is 0.481. The highest BCUT2D eigenvalue weighted by atomic mass is 32.2. The Hall–Kier alpha value is -2.27. The van der Waals surface area contributed by atoms with E-state index in [0.29, 0.717) is 25.3 Å². The number of hydrogen-bond donors (Lipinski definition) is 1. The molecule has 2 aromatic carbocycles. The van der Waals surface area contributed by atoms with Crippen molar-refractivity contribution in [2.24, 2.45) is 0 Å². The zero-order chi connectivity index (χ0) is 23.3. The fourth-order valence-electron chi connectivity index (χ4n) is 3.89.